The van der Waals surface area contributed by atoms with Gasteiger partial charge >= 0.3 is 0 Å². The molecule has 3 heterocycles. The van der Waals surface area contributed by atoms with E-state index in [0.29, 0.717) is 16.4 Å². The van der Waals surface area contributed by atoms with Crippen molar-refractivity contribution in [3.8, 4) is 0 Å². The predicted molar refractivity (Wildman–Crippen MR) is 78.8 cm³/mol. The first-order valence-electron chi connectivity index (χ1n) is 6.81. The third-order valence-electron chi connectivity index (χ3n) is 4.14. The van der Waals surface area contributed by atoms with E-state index in [4.69, 9.17) is 4.42 Å². The maximum atomic E-state index is 12.9. The van der Waals surface area contributed by atoms with Crippen molar-refractivity contribution in [2.75, 3.05) is 13.1 Å². The van der Waals surface area contributed by atoms with Crippen molar-refractivity contribution in [1.29, 1.82) is 0 Å². The van der Waals surface area contributed by atoms with Crippen LogP contribution in [0.25, 0.3) is 0 Å². The zero-order chi connectivity index (χ0) is 13.6. The molecule has 0 amide bonds. The molecule has 2 aliphatic heterocycles. The molecule has 1 aromatic rings. The molecule has 2 bridgehead atoms. The quantitative estimate of drug-likeness (QED) is 0.903. The van der Waals surface area contributed by atoms with Gasteiger partial charge < -0.3 is 9.73 Å². The second kappa shape index (κ2) is 5.67. The van der Waals surface area contributed by atoms with Crippen molar-refractivity contribution in [3.05, 3.63) is 17.6 Å². The summed E-state index contributed by atoms with van der Waals surface area (Å²) < 4.78 is 32.9. The number of nitrogens with one attached hydrogen (secondary N) is 1. The number of furan rings is 1. The van der Waals surface area contributed by atoms with Crippen LogP contribution in [0.2, 0.25) is 0 Å². The SMILES string of the molecule is Cc1cc(S(=O)(=O)N2C3CCNCC2CC3)c(C)o1.Cl. The van der Waals surface area contributed by atoms with Gasteiger partial charge in [-0.1, -0.05) is 0 Å². The lowest BCUT2D eigenvalue weighted by atomic mass is 10.1. The summed E-state index contributed by atoms with van der Waals surface area (Å²) in [5.74, 6) is 1.14. The van der Waals surface area contributed by atoms with Gasteiger partial charge in [-0.2, -0.15) is 4.31 Å². The van der Waals surface area contributed by atoms with E-state index in [1.807, 2.05) is 0 Å². The Labute approximate surface area is 126 Å². The lowest BCUT2D eigenvalue weighted by Crippen LogP contribution is -2.42. The molecule has 2 aliphatic rings. The molecular weight excluding hydrogens is 300 g/mol. The van der Waals surface area contributed by atoms with Gasteiger partial charge in [0.2, 0.25) is 10.0 Å². The van der Waals surface area contributed by atoms with Crippen molar-refractivity contribution in [2.45, 2.75) is 50.1 Å². The van der Waals surface area contributed by atoms with E-state index in [1.54, 1.807) is 24.2 Å². The van der Waals surface area contributed by atoms with Crippen LogP contribution in [-0.4, -0.2) is 37.9 Å². The summed E-state index contributed by atoms with van der Waals surface area (Å²) in [7, 11) is -3.43. The fourth-order valence-corrected chi connectivity index (χ4v) is 5.43. The van der Waals surface area contributed by atoms with Gasteiger partial charge in [0.05, 0.1) is 0 Å². The fourth-order valence-electron chi connectivity index (χ4n) is 3.31. The van der Waals surface area contributed by atoms with Crippen molar-refractivity contribution in [1.82, 2.24) is 9.62 Å². The number of sulfonamides is 1. The molecule has 2 fully saturated rings. The van der Waals surface area contributed by atoms with Crippen LogP contribution in [0.1, 0.15) is 30.8 Å². The Morgan fingerprint density at radius 1 is 1.25 bits per heavy atom. The van der Waals surface area contributed by atoms with Crippen LogP contribution in [0.5, 0.6) is 0 Å². The third kappa shape index (κ3) is 2.50. The Hall–Kier alpha value is -0.560. The molecule has 2 unspecified atom stereocenters. The van der Waals surface area contributed by atoms with Gasteiger partial charge in [0, 0.05) is 18.6 Å². The molecule has 1 aromatic heterocycles. The summed E-state index contributed by atoms with van der Waals surface area (Å²) in [4.78, 5) is 0.337. The second-order valence-corrected chi connectivity index (χ2v) is 7.30. The molecule has 3 rings (SSSR count). The van der Waals surface area contributed by atoms with Crippen LogP contribution in [0.3, 0.4) is 0 Å². The lowest BCUT2D eigenvalue weighted by molar-refractivity contribution is 0.333. The number of nitrogens with zero attached hydrogens (tertiary/aromatic N) is 1. The monoisotopic (exact) mass is 320 g/mol. The van der Waals surface area contributed by atoms with Gasteiger partial charge in [0.15, 0.2) is 0 Å². The summed E-state index contributed by atoms with van der Waals surface area (Å²) in [5, 5.41) is 3.32. The molecule has 0 spiro atoms. The number of aryl methyl sites for hydroxylation is 2. The average molecular weight is 321 g/mol. The number of halogens is 1. The summed E-state index contributed by atoms with van der Waals surface area (Å²) in [6, 6.07) is 1.87. The van der Waals surface area contributed by atoms with E-state index < -0.39 is 10.0 Å². The van der Waals surface area contributed by atoms with Gasteiger partial charge in [0.1, 0.15) is 16.4 Å². The van der Waals surface area contributed by atoms with E-state index in [1.165, 1.54) is 0 Å². The first-order valence-corrected chi connectivity index (χ1v) is 8.25. The topological polar surface area (TPSA) is 62.6 Å². The first-order chi connectivity index (χ1) is 9.00. The molecule has 114 valence electrons. The number of hydrogen-bond donors (Lipinski definition) is 1. The molecular formula is C13H21ClN2O3S. The summed E-state index contributed by atoms with van der Waals surface area (Å²) in [6.07, 6.45) is 2.82. The van der Waals surface area contributed by atoms with Crippen molar-refractivity contribution in [3.63, 3.8) is 0 Å². The number of hydrogen-bond acceptors (Lipinski definition) is 4. The molecule has 0 aliphatic carbocycles. The Bertz CT molecular complexity index is 570. The molecule has 0 radical (unpaired) electrons. The molecule has 5 nitrogen and oxygen atoms in total. The lowest BCUT2D eigenvalue weighted by Gasteiger charge is -2.26. The van der Waals surface area contributed by atoms with Gasteiger partial charge in [-0.05, 0) is 45.7 Å². The zero-order valence-corrected chi connectivity index (χ0v) is 13.4. The normalized spacial score (nSPS) is 27.1. The van der Waals surface area contributed by atoms with E-state index in [2.05, 4.69) is 5.32 Å². The Kier molecular flexibility index (Phi) is 4.49. The Morgan fingerprint density at radius 3 is 2.60 bits per heavy atom. The van der Waals surface area contributed by atoms with Crippen molar-refractivity contribution >= 4 is 22.4 Å². The van der Waals surface area contributed by atoms with Crippen LogP contribution in [0.4, 0.5) is 0 Å². The van der Waals surface area contributed by atoms with E-state index in [0.717, 1.165) is 32.4 Å². The van der Waals surface area contributed by atoms with Gasteiger partial charge in [-0.25, -0.2) is 8.42 Å². The van der Waals surface area contributed by atoms with E-state index in [9.17, 15) is 8.42 Å². The molecule has 7 heteroatoms. The van der Waals surface area contributed by atoms with Crippen LogP contribution in [0.15, 0.2) is 15.4 Å². The van der Waals surface area contributed by atoms with Crippen molar-refractivity contribution in [2.24, 2.45) is 0 Å². The highest BCUT2D eigenvalue weighted by Crippen LogP contribution is 2.35. The largest absolute Gasteiger partial charge is 0.465 e. The van der Waals surface area contributed by atoms with E-state index in [-0.39, 0.29) is 24.5 Å². The predicted octanol–water partition coefficient (Wildman–Crippen LogP) is 1.83. The summed E-state index contributed by atoms with van der Waals surface area (Å²) in [6.45, 7) is 5.16. The smallest absolute Gasteiger partial charge is 0.247 e. The zero-order valence-electron chi connectivity index (χ0n) is 11.8. The third-order valence-corrected chi connectivity index (χ3v) is 6.25. The maximum Gasteiger partial charge on any atom is 0.247 e. The molecule has 0 aromatic carbocycles. The molecule has 2 atom stereocenters. The highest BCUT2D eigenvalue weighted by molar-refractivity contribution is 7.89. The molecule has 20 heavy (non-hydrogen) atoms. The van der Waals surface area contributed by atoms with Crippen LogP contribution in [-0.2, 0) is 10.0 Å². The minimum absolute atomic E-state index is 0. The Morgan fingerprint density at radius 2 is 1.95 bits per heavy atom. The highest BCUT2D eigenvalue weighted by atomic mass is 35.5. The van der Waals surface area contributed by atoms with E-state index >= 15 is 0 Å². The highest BCUT2D eigenvalue weighted by Gasteiger charge is 2.44. The fraction of sp³-hybridized carbons (Fsp3) is 0.692. The van der Waals surface area contributed by atoms with Crippen LogP contribution in [0, 0.1) is 13.8 Å². The standard InChI is InChI=1S/C13H20N2O3S.ClH/c1-9-7-13(10(2)18-9)19(16,17)15-11-3-4-12(15)8-14-6-5-11;/h7,11-12,14H,3-6,8H2,1-2H3;1H. The number of fused-ring (bicyclic) bond motifs is 2. The average Bonchev–Trinajstić information content (AvgIpc) is 2.78. The maximum absolute atomic E-state index is 12.9. The molecule has 0 saturated carbocycles. The minimum Gasteiger partial charge on any atom is -0.465 e. The second-order valence-electron chi connectivity index (χ2n) is 5.49. The summed E-state index contributed by atoms with van der Waals surface area (Å²) in [5.41, 5.74) is 0. The van der Waals surface area contributed by atoms with Gasteiger partial charge in [-0.3, -0.25) is 0 Å². The van der Waals surface area contributed by atoms with Crippen LogP contribution >= 0.6 is 12.4 Å². The minimum atomic E-state index is -3.43. The van der Waals surface area contributed by atoms with Gasteiger partial charge in [-0.15, -0.1) is 12.4 Å². The van der Waals surface area contributed by atoms with Crippen molar-refractivity contribution < 1.29 is 12.8 Å². The molecule has 2 saturated heterocycles. The summed E-state index contributed by atoms with van der Waals surface area (Å²) >= 11 is 0. The van der Waals surface area contributed by atoms with Crippen LogP contribution < -0.4 is 5.32 Å². The van der Waals surface area contributed by atoms with Gasteiger partial charge in [0.25, 0.3) is 0 Å². The number of rotatable bonds is 2. The molecule has 1 N–H and O–H groups in total. The Balaban J connectivity index is 0.00000147. The first kappa shape index (κ1) is 15.8.